The zero-order valence-electron chi connectivity index (χ0n) is 11.5. The first kappa shape index (κ1) is 15.4. The molecule has 0 heterocycles. The van der Waals surface area contributed by atoms with Crippen LogP contribution in [0.5, 0.6) is 11.5 Å². The maximum atomic E-state index is 13.6. The summed E-state index contributed by atoms with van der Waals surface area (Å²) < 4.78 is 56.2. The van der Waals surface area contributed by atoms with Crippen LogP contribution in [0.3, 0.4) is 0 Å². The molecule has 0 aromatic heterocycles. The summed E-state index contributed by atoms with van der Waals surface area (Å²) in [4.78, 5) is 0. The van der Waals surface area contributed by atoms with Gasteiger partial charge in [-0.05, 0) is 41.8 Å². The van der Waals surface area contributed by atoms with Crippen LogP contribution in [0.15, 0.2) is 42.5 Å². The van der Waals surface area contributed by atoms with Gasteiger partial charge in [-0.3, -0.25) is 0 Å². The molecule has 0 unspecified atom stereocenters. The molecule has 0 amide bonds. The van der Waals surface area contributed by atoms with Crippen molar-refractivity contribution < 1.29 is 22.3 Å². The quantitative estimate of drug-likeness (QED) is 0.654. The van der Waals surface area contributed by atoms with Crippen molar-refractivity contribution in [2.75, 3.05) is 0 Å². The average molecular weight is 298 g/mol. The monoisotopic (exact) mass is 298 g/mol. The second-order valence-corrected chi connectivity index (χ2v) is 4.97. The molecular formula is C16H14F4O. The maximum Gasteiger partial charge on any atom is 0.416 e. The van der Waals surface area contributed by atoms with Gasteiger partial charge >= 0.3 is 6.18 Å². The molecule has 0 aliphatic carbocycles. The van der Waals surface area contributed by atoms with Crippen molar-refractivity contribution in [2.45, 2.75) is 25.9 Å². The van der Waals surface area contributed by atoms with E-state index in [0.717, 1.165) is 17.7 Å². The Kier molecular flexibility index (Phi) is 4.21. The average Bonchev–Trinajstić information content (AvgIpc) is 2.40. The summed E-state index contributed by atoms with van der Waals surface area (Å²) in [5, 5.41) is 0. The highest BCUT2D eigenvalue weighted by Gasteiger charge is 2.31. The van der Waals surface area contributed by atoms with Crippen LogP contribution in [0, 0.1) is 5.82 Å². The minimum absolute atomic E-state index is 0.236. The van der Waals surface area contributed by atoms with E-state index >= 15 is 0 Å². The predicted octanol–water partition coefficient (Wildman–Crippen LogP) is 5.76. The highest BCUT2D eigenvalue weighted by atomic mass is 19.4. The molecule has 0 aliphatic heterocycles. The fourth-order valence-electron chi connectivity index (χ4n) is 1.81. The highest BCUT2D eigenvalue weighted by Crippen LogP contribution is 2.33. The summed E-state index contributed by atoms with van der Waals surface area (Å²) >= 11 is 0. The van der Waals surface area contributed by atoms with E-state index < -0.39 is 17.6 Å². The molecule has 0 saturated heterocycles. The Morgan fingerprint density at radius 2 is 1.57 bits per heavy atom. The number of ether oxygens (including phenoxy) is 1. The van der Waals surface area contributed by atoms with E-state index in [1.165, 1.54) is 0 Å². The first-order chi connectivity index (χ1) is 9.77. The molecule has 2 aromatic carbocycles. The SMILES string of the molecule is CC(C)c1ccc(Oc2ccc(C(F)(F)F)cc2F)cc1. The Morgan fingerprint density at radius 3 is 2.05 bits per heavy atom. The fourth-order valence-corrected chi connectivity index (χ4v) is 1.81. The normalized spacial score (nSPS) is 11.8. The smallest absolute Gasteiger partial charge is 0.416 e. The van der Waals surface area contributed by atoms with Crippen LogP contribution >= 0.6 is 0 Å². The van der Waals surface area contributed by atoms with Crippen LogP contribution in [0.25, 0.3) is 0 Å². The molecule has 0 bridgehead atoms. The van der Waals surface area contributed by atoms with Gasteiger partial charge in [-0.1, -0.05) is 26.0 Å². The third-order valence-corrected chi connectivity index (χ3v) is 3.03. The van der Waals surface area contributed by atoms with Crippen LogP contribution in [-0.4, -0.2) is 0 Å². The fraction of sp³-hybridized carbons (Fsp3) is 0.250. The van der Waals surface area contributed by atoms with Crippen molar-refractivity contribution >= 4 is 0 Å². The van der Waals surface area contributed by atoms with Crippen molar-refractivity contribution in [3.63, 3.8) is 0 Å². The van der Waals surface area contributed by atoms with Gasteiger partial charge in [0.15, 0.2) is 11.6 Å². The van der Waals surface area contributed by atoms with Crippen molar-refractivity contribution in [1.29, 1.82) is 0 Å². The molecule has 2 rings (SSSR count). The van der Waals surface area contributed by atoms with E-state index in [9.17, 15) is 17.6 Å². The summed E-state index contributed by atoms with van der Waals surface area (Å²) in [5.74, 6) is -0.557. The lowest BCUT2D eigenvalue weighted by Crippen LogP contribution is -2.05. The minimum Gasteiger partial charge on any atom is -0.454 e. The van der Waals surface area contributed by atoms with E-state index in [4.69, 9.17) is 4.74 Å². The second kappa shape index (κ2) is 5.76. The molecule has 0 aliphatic rings. The Hall–Kier alpha value is -2.04. The minimum atomic E-state index is -4.57. The predicted molar refractivity (Wildman–Crippen MR) is 72.0 cm³/mol. The van der Waals surface area contributed by atoms with Gasteiger partial charge in [0, 0.05) is 0 Å². The molecule has 112 valence electrons. The van der Waals surface area contributed by atoms with Gasteiger partial charge in [-0.2, -0.15) is 13.2 Å². The number of rotatable bonds is 3. The van der Waals surface area contributed by atoms with E-state index in [1.54, 1.807) is 12.1 Å². The summed E-state index contributed by atoms with van der Waals surface area (Å²) in [5.41, 5.74) is 0.0535. The molecule has 1 nitrogen and oxygen atoms in total. The van der Waals surface area contributed by atoms with Crippen LogP contribution in [0.4, 0.5) is 17.6 Å². The van der Waals surface area contributed by atoms with Gasteiger partial charge < -0.3 is 4.74 Å². The summed E-state index contributed by atoms with van der Waals surface area (Å²) in [6.45, 7) is 4.07. The summed E-state index contributed by atoms with van der Waals surface area (Å²) in [7, 11) is 0. The van der Waals surface area contributed by atoms with E-state index in [0.29, 0.717) is 17.7 Å². The topological polar surface area (TPSA) is 9.23 Å². The van der Waals surface area contributed by atoms with Crippen molar-refractivity contribution in [3.8, 4) is 11.5 Å². The third kappa shape index (κ3) is 3.74. The standard InChI is InChI=1S/C16H14F4O/c1-10(2)11-3-6-13(7-4-11)21-15-8-5-12(9-14(15)17)16(18,19)20/h3-10H,1-2H3. The zero-order chi connectivity index (χ0) is 15.6. The molecule has 0 atom stereocenters. The zero-order valence-corrected chi connectivity index (χ0v) is 11.5. The molecular weight excluding hydrogens is 284 g/mol. The third-order valence-electron chi connectivity index (χ3n) is 3.03. The Balaban J connectivity index is 2.20. The highest BCUT2D eigenvalue weighted by molar-refractivity contribution is 5.36. The molecule has 0 N–H and O–H groups in total. The maximum absolute atomic E-state index is 13.6. The molecule has 5 heteroatoms. The second-order valence-electron chi connectivity index (χ2n) is 4.97. The molecule has 0 fully saturated rings. The van der Waals surface area contributed by atoms with Crippen molar-refractivity contribution in [1.82, 2.24) is 0 Å². The van der Waals surface area contributed by atoms with Crippen molar-refractivity contribution in [3.05, 3.63) is 59.4 Å². The van der Waals surface area contributed by atoms with E-state index in [2.05, 4.69) is 0 Å². The molecule has 21 heavy (non-hydrogen) atoms. The molecule has 0 saturated carbocycles. The number of hydrogen-bond donors (Lipinski definition) is 0. The Labute approximate surface area is 120 Å². The molecule has 0 spiro atoms. The first-order valence-electron chi connectivity index (χ1n) is 6.42. The largest absolute Gasteiger partial charge is 0.454 e. The van der Waals surface area contributed by atoms with Gasteiger partial charge in [0.25, 0.3) is 0 Å². The van der Waals surface area contributed by atoms with Crippen LogP contribution in [-0.2, 0) is 6.18 Å². The molecule has 0 radical (unpaired) electrons. The van der Waals surface area contributed by atoms with Gasteiger partial charge in [-0.15, -0.1) is 0 Å². The molecule has 2 aromatic rings. The van der Waals surface area contributed by atoms with Gasteiger partial charge in [0.05, 0.1) is 5.56 Å². The Morgan fingerprint density at radius 1 is 0.952 bits per heavy atom. The van der Waals surface area contributed by atoms with Gasteiger partial charge in [0.2, 0.25) is 0 Å². The number of alkyl halides is 3. The Bertz CT molecular complexity index is 615. The summed E-state index contributed by atoms with van der Waals surface area (Å²) in [6, 6.07) is 9.19. The summed E-state index contributed by atoms with van der Waals surface area (Å²) in [6.07, 6.45) is -4.57. The number of benzene rings is 2. The van der Waals surface area contributed by atoms with E-state index in [-0.39, 0.29) is 5.75 Å². The van der Waals surface area contributed by atoms with Crippen LogP contribution < -0.4 is 4.74 Å². The van der Waals surface area contributed by atoms with Crippen molar-refractivity contribution in [2.24, 2.45) is 0 Å². The van der Waals surface area contributed by atoms with Gasteiger partial charge in [0.1, 0.15) is 5.75 Å². The van der Waals surface area contributed by atoms with Gasteiger partial charge in [-0.25, -0.2) is 4.39 Å². The van der Waals surface area contributed by atoms with Crippen LogP contribution in [0.1, 0.15) is 30.9 Å². The van der Waals surface area contributed by atoms with E-state index in [1.807, 2.05) is 26.0 Å². The lowest BCUT2D eigenvalue weighted by molar-refractivity contribution is -0.137. The number of hydrogen-bond acceptors (Lipinski definition) is 1. The lowest BCUT2D eigenvalue weighted by atomic mass is 10.0. The number of halogens is 4. The first-order valence-corrected chi connectivity index (χ1v) is 6.42. The lowest BCUT2D eigenvalue weighted by Gasteiger charge is -2.11. The van der Waals surface area contributed by atoms with Crippen LogP contribution in [0.2, 0.25) is 0 Å².